The molecular formula is C19H15Cl2NO4S2. The fourth-order valence-corrected chi connectivity index (χ4v) is 4.20. The van der Waals surface area contributed by atoms with E-state index in [0.717, 1.165) is 0 Å². The van der Waals surface area contributed by atoms with Gasteiger partial charge in [0, 0.05) is 11.6 Å². The zero-order valence-electron chi connectivity index (χ0n) is 15.1. The van der Waals surface area contributed by atoms with E-state index >= 15 is 0 Å². The minimum absolute atomic E-state index is 0.259. The highest BCUT2D eigenvalue weighted by Crippen LogP contribution is 2.41. The van der Waals surface area contributed by atoms with Crippen LogP contribution in [0.4, 0.5) is 5.69 Å². The van der Waals surface area contributed by atoms with Gasteiger partial charge in [-0.15, -0.1) is 0 Å². The van der Waals surface area contributed by atoms with Crippen molar-refractivity contribution in [2.75, 3.05) is 26.2 Å². The third-order valence-corrected chi connectivity index (χ3v) is 6.02. The Kier molecular flexibility index (Phi) is 6.40. The lowest BCUT2D eigenvalue weighted by atomic mass is 10.1. The molecule has 0 aromatic heterocycles. The summed E-state index contributed by atoms with van der Waals surface area (Å²) in [5.74, 6) is 1.33. The number of thiocarbonyl (C=S) groups is 1. The normalized spacial score (nSPS) is 15.3. The SMILES string of the molecule is COc1cc(OC)c(OC)cc1/C=C1\SC(=S)N(c2ccc(Cl)c(Cl)c2)C1=O. The number of nitrogens with zero attached hydrogens (tertiary/aromatic N) is 1. The van der Waals surface area contributed by atoms with Gasteiger partial charge in [0.05, 0.1) is 42.0 Å². The second-order valence-corrected chi connectivity index (χ2v) is 8.05. The molecule has 0 radical (unpaired) electrons. The quantitative estimate of drug-likeness (QED) is 0.442. The number of anilines is 1. The Hall–Kier alpha value is -1.93. The zero-order valence-corrected chi connectivity index (χ0v) is 18.3. The first kappa shape index (κ1) is 20.8. The van der Waals surface area contributed by atoms with E-state index in [-0.39, 0.29) is 5.91 Å². The first-order valence-corrected chi connectivity index (χ1v) is 9.90. The second-order valence-electron chi connectivity index (χ2n) is 5.56. The molecule has 1 amide bonds. The van der Waals surface area contributed by atoms with Crippen LogP contribution in [0.5, 0.6) is 17.2 Å². The van der Waals surface area contributed by atoms with Crippen LogP contribution in [0.3, 0.4) is 0 Å². The molecule has 0 saturated carbocycles. The van der Waals surface area contributed by atoms with Crippen molar-refractivity contribution in [2.24, 2.45) is 0 Å². The predicted octanol–water partition coefficient (Wildman–Crippen LogP) is 5.43. The summed E-state index contributed by atoms with van der Waals surface area (Å²) in [4.78, 5) is 14.8. The van der Waals surface area contributed by atoms with Crippen LogP contribution in [-0.4, -0.2) is 31.6 Å². The van der Waals surface area contributed by atoms with E-state index in [1.807, 2.05) is 0 Å². The molecule has 1 saturated heterocycles. The fraction of sp³-hybridized carbons (Fsp3) is 0.158. The summed E-state index contributed by atoms with van der Waals surface area (Å²) >= 11 is 18.6. The summed E-state index contributed by atoms with van der Waals surface area (Å²) in [6, 6.07) is 8.36. The van der Waals surface area contributed by atoms with Gasteiger partial charge in [0.15, 0.2) is 15.8 Å². The van der Waals surface area contributed by atoms with E-state index in [1.54, 1.807) is 50.6 Å². The van der Waals surface area contributed by atoms with Gasteiger partial charge in [0.1, 0.15) is 5.75 Å². The van der Waals surface area contributed by atoms with Gasteiger partial charge in [-0.2, -0.15) is 0 Å². The van der Waals surface area contributed by atoms with Crippen molar-refractivity contribution in [3.05, 3.63) is 50.8 Å². The number of rotatable bonds is 5. The highest BCUT2D eigenvalue weighted by atomic mass is 35.5. The summed E-state index contributed by atoms with van der Waals surface area (Å²) in [5, 5.41) is 0.750. The van der Waals surface area contributed by atoms with Gasteiger partial charge in [-0.1, -0.05) is 47.2 Å². The first-order chi connectivity index (χ1) is 13.4. The Labute approximate surface area is 182 Å². The van der Waals surface area contributed by atoms with E-state index in [0.29, 0.717) is 47.8 Å². The zero-order chi connectivity index (χ0) is 20.4. The van der Waals surface area contributed by atoms with Gasteiger partial charge in [0.25, 0.3) is 5.91 Å². The average Bonchev–Trinajstić information content (AvgIpc) is 2.96. The van der Waals surface area contributed by atoms with Gasteiger partial charge < -0.3 is 14.2 Å². The maximum absolute atomic E-state index is 13.0. The fourth-order valence-electron chi connectivity index (χ4n) is 2.62. The topological polar surface area (TPSA) is 48.0 Å². The Morgan fingerprint density at radius 3 is 2.21 bits per heavy atom. The van der Waals surface area contributed by atoms with Gasteiger partial charge in [-0.3, -0.25) is 9.69 Å². The maximum atomic E-state index is 13.0. The summed E-state index contributed by atoms with van der Waals surface area (Å²) in [6.45, 7) is 0. The lowest BCUT2D eigenvalue weighted by Crippen LogP contribution is -2.27. The molecule has 1 aliphatic rings. The van der Waals surface area contributed by atoms with Crippen molar-refractivity contribution in [3.8, 4) is 17.2 Å². The lowest BCUT2D eigenvalue weighted by molar-refractivity contribution is -0.113. The molecule has 0 bridgehead atoms. The Bertz CT molecular complexity index is 994. The monoisotopic (exact) mass is 455 g/mol. The number of carbonyl (C=O) groups excluding carboxylic acids is 1. The standard InChI is InChI=1S/C19H15Cl2NO4S2/c1-24-14-9-16(26-3)15(25-2)6-10(14)7-17-18(23)22(19(27)28-17)11-4-5-12(20)13(21)8-11/h4-9H,1-3H3/b17-7-. The van der Waals surface area contributed by atoms with Crippen molar-refractivity contribution in [2.45, 2.75) is 0 Å². The smallest absolute Gasteiger partial charge is 0.270 e. The molecule has 0 N–H and O–H groups in total. The molecule has 9 heteroatoms. The number of amides is 1. The number of ether oxygens (including phenoxy) is 3. The van der Waals surface area contributed by atoms with Crippen molar-refractivity contribution < 1.29 is 19.0 Å². The molecule has 28 heavy (non-hydrogen) atoms. The second kappa shape index (κ2) is 8.61. The molecule has 5 nitrogen and oxygen atoms in total. The number of thioether (sulfide) groups is 1. The van der Waals surface area contributed by atoms with Gasteiger partial charge >= 0.3 is 0 Å². The third kappa shape index (κ3) is 3.93. The molecule has 0 aliphatic carbocycles. The number of benzene rings is 2. The lowest BCUT2D eigenvalue weighted by Gasteiger charge is -2.15. The molecule has 0 spiro atoms. The number of hydrogen-bond donors (Lipinski definition) is 0. The molecule has 0 atom stereocenters. The third-order valence-electron chi connectivity index (χ3n) is 3.98. The summed E-state index contributed by atoms with van der Waals surface area (Å²) in [6.07, 6.45) is 1.71. The Morgan fingerprint density at radius 2 is 1.61 bits per heavy atom. The van der Waals surface area contributed by atoms with Crippen LogP contribution in [0.2, 0.25) is 10.0 Å². The highest BCUT2D eigenvalue weighted by molar-refractivity contribution is 8.27. The van der Waals surface area contributed by atoms with E-state index in [9.17, 15) is 4.79 Å². The average molecular weight is 456 g/mol. The van der Waals surface area contributed by atoms with Gasteiger partial charge in [-0.05, 0) is 30.3 Å². The summed E-state index contributed by atoms with van der Waals surface area (Å²) in [7, 11) is 4.62. The molecule has 1 aliphatic heterocycles. The van der Waals surface area contributed by atoms with Gasteiger partial charge in [-0.25, -0.2) is 0 Å². The van der Waals surface area contributed by atoms with Crippen LogP contribution in [0, 0.1) is 0 Å². The highest BCUT2D eigenvalue weighted by Gasteiger charge is 2.34. The number of halogens is 2. The van der Waals surface area contributed by atoms with Crippen LogP contribution in [0.1, 0.15) is 5.56 Å². The minimum atomic E-state index is -0.259. The van der Waals surface area contributed by atoms with Crippen molar-refractivity contribution in [3.63, 3.8) is 0 Å². The molecule has 146 valence electrons. The number of hydrogen-bond acceptors (Lipinski definition) is 6. The van der Waals surface area contributed by atoms with Crippen molar-refractivity contribution in [1.82, 2.24) is 0 Å². The van der Waals surface area contributed by atoms with Gasteiger partial charge in [0.2, 0.25) is 0 Å². The number of carbonyl (C=O) groups is 1. The van der Waals surface area contributed by atoms with E-state index in [4.69, 9.17) is 49.6 Å². The van der Waals surface area contributed by atoms with Crippen LogP contribution >= 0.6 is 47.2 Å². The van der Waals surface area contributed by atoms with E-state index in [1.165, 1.54) is 23.8 Å². The summed E-state index contributed by atoms with van der Waals surface area (Å²) < 4.78 is 16.4. The van der Waals surface area contributed by atoms with Crippen molar-refractivity contribution >= 4 is 69.2 Å². The van der Waals surface area contributed by atoms with Crippen LogP contribution < -0.4 is 19.1 Å². The first-order valence-electron chi connectivity index (χ1n) is 7.92. The molecule has 1 fully saturated rings. The molecule has 2 aromatic carbocycles. The van der Waals surface area contributed by atoms with Crippen LogP contribution in [0.15, 0.2) is 35.2 Å². The minimum Gasteiger partial charge on any atom is -0.496 e. The summed E-state index contributed by atoms with van der Waals surface area (Å²) in [5.41, 5.74) is 1.22. The largest absolute Gasteiger partial charge is 0.496 e. The molecule has 3 rings (SSSR count). The van der Waals surface area contributed by atoms with Crippen molar-refractivity contribution in [1.29, 1.82) is 0 Å². The molecule has 1 heterocycles. The van der Waals surface area contributed by atoms with Crippen LogP contribution in [0.25, 0.3) is 6.08 Å². The molecule has 0 unspecified atom stereocenters. The predicted molar refractivity (Wildman–Crippen MR) is 118 cm³/mol. The Morgan fingerprint density at radius 1 is 0.964 bits per heavy atom. The van der Waals surface area contributed by atoms with Crippen LogP contribution in [-0.2, 0) is 4.79 Å². The van der Waals surface area contributed by atoms with E-state index in [2.05, 4.69) is 0 Å². The number of methoxy groups -OCH3 is 3. The maximum Gasteiger partial charge on any atom is 0.270 e. The molecular weight excluding hydrogens is 441 g/mol. The van der Waals surface area contributed by atoms with E-state index < -0.39 is 0 Å². The molecule has 2 aromatic rings. The Balaban J connectivity index is 2.01.